The number of hydrogen-bond donors (Lipinski definition) is 1. The second-order valence-corrected chi connectivity index (χ2v) is 7.42. The highest BCUT2D eigenvalue weighted by molar-refractivity contribution is 5.92. The lowest BCUT2D eigenvalue weighted by Crippen LogP contribution is -2.46. The summed E-state index contributed by atoms with van der Waals surface area (Å²) in [6.45, 7) is 8.81. The summed E-state index contributed by atoms with van der Waals surface area (Å²) in [6, 6.07) is 17.7. The van der Waals surface area contributed by atoms with Gasteiger partial charge in [-0.3, -0.25) is 4.79 Å². The second-order valence-electron chi connectivity index (χ2n) is 7.42. The molecule has 0 aromatic heterocycles. The number of rotatable bonds is 9. The topological polar surface area (TPSA) is 47.6 Å². The molecule has 0 bridgehead atoms. The molecule has 2 rings (SSSR count). The molecule has 2 aromatic carbocycles. The van der Waals surface area contributed by atoms with E-state index < -0.39 is 5.54 Å². The molecule has 0 spiro atoms. The van der Waals surface area contributed by atoms with Gasteiger partial charge in [0.2, 0.25) is 5.91 Å². The zero-order valence-electron chi connectivity index (χ0n) is 16.6. The van der Waals surface area contributed by atoms with Crippen LogP contribution in [0.3, 0.4) is 0 Å². The molecule has 144 valence electrons. The third-order valence-corrected chi connectivity index (χ3v) is 3.69. The zero-order valence-corrected chi connectivity index (χ0v) is 16.6. The van der Waals surface area contributed by atoms with E-state index in [0.29, 0.717) is 13.2 Å². The van der Waals surface area contributed by atoms with Gasteiger partial charge in [0.25, 0.3) is 0 Å². The van der Waals surface area contributed by atoms with Crippen molar-refractivity contribution in [1.29, 1.82) is 0 Å². The van der Waals surface area contributed by atoms with E-state index in [9.17, 15) is 4.79 Å². The Morgan fingerprint density at radius 3 is 2.56 bits per heavy atom. The van der Waals surface area contributed by atoms with Crippen LogP contribution in [0.15, 0.2) is 60.7 Å². The van der Waals surface area contributed by atoms with Crippen LogP contribution in [0.2, 0.25) is 0 Å². The van der Waals surface area contributed by atoms with Crippen molar-refractivity contribution in [2.45, 2.75) is 45.9 Å². The quantitative estimate of drug-likeness (QED) is 0.659. The second kappa shape index (κ2) is 9.93. The molecule has 1 N–H and O–H groups in total. The largest absolute Gasteiger partial charge is 0.491 e. The van der Waals surface area contributed by atoms with Crippen LogP contribution < -0.4 is 10.1 Å². The summed E-state index contributed by atoms with van der Waals surface area (Å²) in [5.41, 5.74) is 1.57. The summed E-state index contributed by atoms with van der Waals surface area (Å²) in [7, 11) is 0. The van der Waals surface area contributed by atoms with Gasteiger partial charge >= 0.3 is 0 Å². The van der Waals surface area contributed by atoms with Gasteiger partial charge in [-0.25, -0.2) is 0 Å². The van der Waals surface area contributed by atoms with Crippen LogP contribution in [0.1, 0.15) is 38.8 Å². The van der Waals surface area contributed by atoms with Crippen molar-refractivity contribution >= 4 is 12.0 Å². The standard InChI is InChI=1S/C23H29NO3/c1-18(2)27-21-12-8-11-19(15-21)13-14-22(25)24-23(3,4)17-26-16-20-9-6-5-7-10-20/h5-15,18H,16-17H2,1-4H3,(H,24,25)/b14-13+. The predicted octanol–water partition coefficient (Wildman–Crippen LogP) is 4.60. The van der Waals surface area contributed by atoms with Crippen LogP contribution in [-0.2, 0) is 16.1 Å². The predicted molar refractivity (Wildman–Crippen MR) is 110 cm³/mol. The molecule has 4 heteroatoms. The van der Waals surface area contributed by atoms with E-state index in [1.807, 2.05) is 82.3 Å². The molecular formula is C23H29NO3. The van der Waals surface area contributed by atoms with Crippen LogP contribution in [0.5, 0.6) is 5.75 Å². The first-order chi connectivity index (χ1) is 12.8. The average Bonchev–Trinajstić information content (AvgIpc) is 2.60. The van der Waals surface area contributed by atoms with E-state index in [2.05, 4.69) is 5.32 Å². The number of benzene rings is 2. The average molecular weight is 367 g/mol. The van der Waals surface area contributed by atoms with Gasteiger partial charge in [-0.2, -0.15) is 0 Å². The minimum absolute atomic E-state index is 0.115. The van der Waals surface area contributed by atoms with Gasteiger partial charge in [-0.1, -0.05) is 42.5 Å². The van der Waals surface area contributed by atoms with Crippen molar-refractivity contribution in [3.05, 3.63) is 71.8 Å². The fourth-order valence-electron chi connectivity index (χ4n) is 2.55. The molecule has 0 aliphatic rings. The highest BCUT2D eigenvalue weighted by atomic mass is 16.5. The number of nitrogens with one attached hydrogen (secondary N) is 1. The Kier molecular flexibility index (Phi) is 7.62. The fraction of sp³-hybridized carbons (Fsp3) is 0.348. The molecule has 2 aromatic rings. The summed E-state index contributed by atoms with van der Waals surface area (Å²) >= 11 is 0. The number of carbonyl (C=O) groups excluding carboxylic acids is 1. The normalized spacial score (nSPS) is 11.7. The molecule has 0 radical (unpaired) electrons. The Balaban J connectivity index is 1.83. The first-order valence-corrected chi connectivity index (χ1v) is 9.23. The minimum atomic E-state index is -0.460. The SMILES string of the molecule is CC(C)Oc1cccc(/C=C/C(=O)NC(C)(C)COCc2ccccc2)c1. The minimum Gasteiger partial charge on any atom is -0.491 e. The number of ether oxygens (including phenoxy) is 2. The van der Waals surface area contributed by atoms with Gasteiger partial charge in [-0.05, 0) is 57.0 Å². The lowest BCUT2D eigenvalue weighted by molar-refractivity contribution is -0.118. The maximum absolute atomic E-state index is 12.2. The van der Waals surface area contributed by atoms with E-state index in [1.54, 1.807) is 6.08 Å². The first-order valence-electron chi connectivity index (χ1n) is 9.23. The molecule has 0 aliphatic heterocycles. The molecule has 0 aliphatic carbocycles. The fourth-order valence-corrected chi connectivity index (χ4v) is 2.55. The molecule has 27 heavy (non-hydrogen) atoms. The van der Waals surface area contributed by atoms with E-state index in [0.717, 1.165) is 16.9 Å². The zero-order chi connectivity index (χ0) is 19.7. The third-order valence-electron chi connectivity index (χ3n) is 3.69. The molecule has 1 amide bonds. The van der Waals surface area contributed by atoms with Gasteiger partial charge in [0.15, 0.2) is 0 Å². The van der Waals surface area contributed by atoms with Gasteiger partial charge < -0.3 is 14.8 Å². The van der Waals surface area contributed by atoms with Crippen molar-refractivity contribution in [3.8, 4) is 5.75 Å². The summed E-state index contributed by atoms with van der Waals surface area (Å²) in [4.78, 5) is 12.2. The van der Waals surface area contributed by atoms with Crippen LogP contribution in [0.25, 0.3) is 6.08 Å². The summed E-state index contributed by atoms with van der Waals surface area (Å²) < 4.78 is 11.4. The van der Waals surface area contributed by atoms with Gasteiger partial charge in [-0.15, -0.1) is 0 Å². The van der Waals surface area contributed by atoms with Crippen LogP contribution in [0, 0.1) is 0 Å². The van der Waals surface area contributed by atoms with Crippen LogP contribution >= 0.6 is 0 Å². The van der Waals surface area contributed by atoms with Crippen molar-refractivity contribution in [2.24, 2.45) is 0 Å². The van der Waals surface area contributed by atoms with Gasteiger partial charge in [0, 0.05) is 6.08 Å². The lowest BCUT2D eigenvalue weighted by atomic mass is 10.1. The number of carbonyl (C=O) groups is 1. The number of hydrogen-bond acceptors (Lipinski definition) is 3. The van der Waals surface area contributed by atoms with Crippen molar-refractivity contribution in [2.75, 3.05) is 6.61 Å². The van der Waals surface area contributed by atoms with Crippen LogP contribution in [0.4, 0.5) is 0 Å². The molecule has 0 heterocycles. The summed E-state index contributed by atoms with van der Waals surface area (Å²) in [5.74, 6) is 0.640. The lowest BCUT2D eigenvalue weighted by Gasteiger charge is -2.25. The Labute approximate surface area is 162 Å². The van der Waals surface area contributed by atoms with E-state index in [4.69, 9.17) is 9.47 Å². The van der Waals surface area contributed by atoms with Gasteiger partial charge in [0.05, 0.1) is 24.9 Å². The van der Waals surface area contributed by atoms with E-state index >= 15 is 0 Å². The van der Waals surface area contributed by atoms with Gasteiger partial charge in [0.1, 0.15) is 5.75 Å². The first kappa shape index (κ1) is 20.7. The Bertz CT molecular complexity index is 751. The monoisotopic (exact) mass is 367 g/mol. The molecule has 0 atom stereocenters. The number of amides is 1. The Morgan fingerprint density at radius 1 is 1.11 bits per heavy atom. The van der Waals surface area contributed by atoms with Crippen molar-refractivity contribution in [1.82, 2.24) is 5.32 Å². The molecule has 0 fully saturated rings. The molecule has 0 unspecified atom stereocenters. The molecule has 0 saturated carbocycles. The molecule has 0 saturated heterocycles. The maximum Gasteiger partial charge on any atom is 0.244 e. The summed E-state index contributed by atoms with van der Waals surface area (Å²) in [6.07, 6.45) is 3.43. The maximum atomic E-state index is 12.2. The van der Waals surface area contributed by atoms with Crippen molar-refractivity contribution < 1.29 is 14.3 Å². The summed E-state index contributed by atoms with van der Waals surface area (Å²) in [5, 5.41) is 2.98. The smallest absolute Gasteiger partial charge is 0.244 e. The van der Waals surface area contributed by atoms with E-state index in [-0.39, 0.29) is 12.0 Å². The third kappa shape index (κ3) is 8.09. The Morgan fingerprint density at radius 2 is 1.85 bits per heavy atom. The van der Waals surface area contributed by atoms with Crippen LogP contribution in [-0.4, -0.2) is 24.2 Å². The Hall–Kier alpha value is -2.59. The highest BCUT2D eigenvalue weighted by Gasteiger charge is 2.19. The highest BCUT2D eigenvalue weighted by Crippen LogP contribution is 2.16. The molecular weight excluding hydrogens is 338 g/mol. The van der Waals surface area contributed by atoms with E-state index in [1.165, 1.54) is 6.08 Å². The van der Waals surface area contributed by atoms with Crippen molar-refractivity contribution in [3.63, 3.8) is 0 Å². The molecule has 4 nitrogen and oxygen atoms in total.